The number of rotatable bonds is 2. The molecule has 1 aromatic heterocycles. The Morgan fingerprint density at radius 1 is 1.26 bits per heavy atom. The second-order valence-corrected chi connectivity index (χ2v) is 3.50. The molecule has 0 radical (unpaired) electrons. The van der Waals surface area contributed by atoms with Gasteiger partial charge in [-0.25, -0.2) is 9.59 Å². The Labute approximate surface area is 102 Å². The molecule has 8 heteroatoms. The predicted octanol–water partition coefficient (Wildman–Crippen LogP) is 2.39. The third-order valence-electron chi connectivity index (χ3n) is 2.17. The van der Waals surface area contributed by atoms with Crippen molar-refractivity contribution in [2.45, 2.75) is 6.36 Å². The number of aromatic carboxylic acids is 1. The Bertz CT molecular complexity index is 702. The van der Waals surface area contributed by atoms with Gasteiger partial charge in [0.1, 0.15) is 16.9 Å². The summed E-state index contributed by atoms with van der Waals surface area (Å²) in [6.45, 7) is 0. The molecule has 0 bridgehead atoms. The van der Waals surface area contributed by atoms with Crippen LogP contribution in [0.25, 0.3) is 11.0 Å². The van der Waals surface area contributed by atoms with Gasteiger partial charge in [-0.05, 0) is 24.3 Å². The first kappa shape index (κ1) is 12.9. The van der Waals surface area contributed by atoms with E-state index in [9.17, 15) is 22.8 Å². The maximum atomic E-state index is 12.0. The molecular formula is C11H5F3O5. The molecule has 0 fully saturated rings. The summed E-state index contributed by atoms with van der Waals surface area (Å²) in [6.07, 6.45) is -4.86. The molecule has 0 spiro atoms. The molecule has 0 aliphatic carbocycles. The quantitative estimate of drug-likeness (QED) is 0.851. The summed E-state index contributed by atoms with van der Waals surface area (Å²) >= 11 is 0. The average molecular weight is 274 g/mol. The molecular weight excluding hydrogens is 269 g/mol. The normalized spacial score (nSPS) is 11.5. The zero-order chi connectivity index (χ0) is 14.2. The van der Waals surface area contributed by atoms with Crippen LogP contribution >= 0.6 is 0 Å². The first-order chi connectivity index (χ1) is 8.76. The van der Waals surface area contributed by atoms with Crippen LogP contribution in [0.2, 0.25) is 0 Å². The summed E-state index contributed by atoms with van der Waals surface area (Å²) in [7, 11) is 0. The molecule has 1 N–H and O–H groups in total. The van der Waals surface area contributed by atoms with Crippen molar-refractivity contribution in [3.63, 3.8) is 0 Å². The third-order valence-corrected chi connectivity index (χ3v) is 2.17. The Kier molecular flexibility index (Phi) is 2.93. The van der Waals surface area contributed by atoms with Crippen LogP contribution < -0.4 is 10.4 Å². The van der Waals surface area contributed by atoms with E-state index in [0.29, 0.717) is 0 Å². The highest BCUT2D eigenvalue weighted by molar-refractivity contribution is 5.91. The number of carboxylic acids is 1. The van der Waals surface area contributed by atoms with Crippen molar-refractivity contribution in [2.24, 2.45) is 0 Å². The van der Waals surface area contributed by atoms with Crippen molar-refractivity contribution in [2.75, 3.05) is 0 Å². The minimum Gasteiger partial charge on any atom is -0.477 e. The minimum atomic E-state index is -4.86. The first-order valence-electron chi connectivity index (χ1n) is 4.83. The summed E-state index contributed by atoms with van der Waals surface area (Å²) in [5.41, 5.74) is -1.79. The topological polar surface area (TPSA) is 76.7 Å². The van der Waals surface area contributed by atoms with Gasteiger partial charge in [-0.3, -0.25) is 0 Å². The number of halogens is 3. The number of ether oxygens (including phenoxy) is 1. The highest BCUT2D eigenvalue weighted by Crippen LogP contribution is 2.26. The minimum absolute atomic E-state index is 0.0127. The Morgan fingerprint density at radius 2 is 1.95 bits per heavy atom. The van der Waals surface area contributed by atoms with Crippen LogP contribution in [0.15, 0.2) is 33.5 Å². The van der Waals surface area contributed by atoms with Gasteiger partial charge in [0.05, 0.1) is 0 Å². The number of hydrogen-bond donors (Lipinski definition) is 1. The van der Waals surface area contributed by atoms with Gasteiger partial charge in [-0.1, -0.05) is 0 Å². The lowest BCUT2D eigenvalue weighted by Gasteiger charge is -2.09. The van der Waals surface area contributed by atoms with Crippen molar-refractivity contribution >= 4 is 16.9 Å². The van der Waals surface area contributed by atoms with Crippen LogP contribution in [0.1, 0.15) is 10.4 Å². The zero-order valence-corrected chi connectivity index (χ0v) is 9.02. The number of fused-ring (bicyclic) bond motifs is 1. The van der Waals surface area contributed by atoms with Gasteiger partial charge in [0.15, 0.2) is 0 Å². The Hall–Kier alpha value is -2.51. The van der Waals surface area contributed by atoms with Gasteiger partial charge >= 0.3 is 18.0 Å². The molecule has 2 aromatic rings. The largest absolute Gasteiger partial charge is 0.573 e. The van der Waals surface area contributed by atoms with Crippen LogP contribution in [0.5, 0.6) is 5.75 Å². The summed E-state index contributed by atoms with van der Waals surface area (Å²) < 4.78 is 44.4. The zero-order valence-electron chi connectivity index (χ0n) is 9.02. The first-order valence-corrected chi connectivity index (χ1v) is 4.83. The van der Waals surface area contributed by atoms with Crippen molar-refractivity contribution in [3.05, 3.63) is 40.2 Å². The summed E-state index contributed by atoms with van der Waals surface area (Å²) in [5.74, 6) is -2.07. The van der Waals surface area contributed by atoms with Crippen molar-refractivity contribution < 1.29 is 32.2 Å². The van der Waals surface area contributed by atoms with Crippen molar-refractivity contribution in [1.29, 1.82) is 0 Å². The SMILES string of the molecule is O=C(O)c1cc2cc(OC(F)(F)F)ccc2oc1=O. The van der Waals surface area contributed by atoms with Crippen molar-refractivity contribution in [1.82, 2.24) is 0 Å². The van der Waals surface area contributed by atoms with E-state index in [1.54, 1.807) is 0 Å². The molecule has 1 aromatic carbocycles. The highest BCUT2D eigenvalue weighted by atomic mass is 19.4. The fourth-order valence-corrected chi connectivity index (χ4v) is 1.45. The molecule has 100 valence electrons. The van der Waals surface area contributed by atoms with Crippen LogP contribution in [0.3, 0.4) is 0 Å². The molecule has 0 saturated heterocycles. The molecule has 19 heavy (non-hydrogen) atoms. The van der Waals surface area contributed by atoms with E-state index < -0.39 is 29.3 Å². The number of alkyl halides is 3. The van der Waals surface area contributed by atoms with E-state index in [2.05, 4.69) is 9.15 Å². The van der Waals surface area contributed by atoms with E-state index >= 15 is 0 Å². The molecule has 0 aliphatic heterocycles. The lowest BCUT2D eigenvalue weighted by Crippen LogP contribution is -2.17. The number of benzene rings is 1. The summed E-state index contributed by atoms with van der Waals surface area (Å²) in [5, 5.41) is 8.72. The maximum absolute atomic E-state index is 12.0. The molecule has 0 amide bonds. The van der Waals surface area contributed by atoms with Crippen LogP contribution in [0.4, 0.5) is 13.2 Å². The number of hydrogen-bond acceptors (Lipinski definition) is 4. The molecule has 1 heterocycles. The van der Waals surface area contributed by atoms with Gasteiger partial charge in [-0.15, -0.1) is 13.2 Å². The second-order valence-electron chi connectivity index (χ2n) is 3.50. The lowest BCUT2D eigenvalue weighted by molar-refractivity contribution is -0.274. The van der Waals surface area contributed by atoms with Crippen molar-refractivity contribution in [3.8, 4) is 5.75 Å². The molecule has 0 atom stereocenters. The average Bonchev–Trinajstić information content (AvgIpc) is 2.26. The van der Waals surface area contributed by atoms with E-state index in [4.69, 9.17) is 5.11 Å². The van der Waals surface area contributed by atoms with Gasteiger partial charge in [-0.2, -0.15) is 0 Å². The Balaban J connectivity index is 2.56. The summed E-state index contributed by atoms with van der Waals surface area (Å²) in [6, 6.07) is 3.90. The number of carboxylic acid groups (broad SMARTS) is 1. The van der Waals surface area contributed by atoms with E-state index in [-0.39, 0.29) is 11.0 Å². The lowest BCUT2D eigenvalue weighted by atomic mass is 10.2. The fraction of sp³-hybridized carbons (Fsp3) is 0.0909. The standard InChI is InChI=1S/C11H5F3O5/c12-11(13,14)19-6-1-2-8-5(3-6)4-7(9(15)16)10(17)18-8/h1-4H,(H,15,16). The predicted molar refractivity (Wildman–Crippen MR) is 56.1 cm³/mol. The van der Waals surface area contributed by atoms with Gasteiger partial charge in [0, 0.05) is 5.39 Å². The number of carbonyl (C=O) groups is 1. The Morgan fingerprint density at radius 3 is 2.53 bits per heavy atom. The summed E-state index contributed by atoms with van der Waals surface area (Å²) in [4.78, 5) is 21.9. The van der Waals surface area contributed by atoms with E-state index in [0.717, 1.165) is 24.3 Å². The highest BCUT2D eigenvalue weighted by Gasteiger charge is 2.31. The second kappa shape index (κ2) is 4.30. The third kappa shape index (κ3) is 2.84. The molecule has 0 unspecified atom stereocenters. The monoisotopic (exact) mass is 274 g/mol. The van der Waals surface area contributed by atoms with E-state index in [1.165, 1.54) is 0 Å². The molecule has 2 rings (SSSR count). The molecule has 0 saturated carbocycles. The maximum Gasteiger partial charge on any atom is 0.573 e. The van der Waals surface area contributed by atoms with Gasteiger partial charge in [0.2, 0.25) is 0 Å². The fourth-order valence-electron chi connectivity index (χ4n) is 1.45. The molecule has 0 aliphatic rings. The smallest absolute Gasteiger partial charge is 0.477 e. The van der Waals surface area contributed by atoms with Crippen LogP contribution in [-0.4, -0.2) is 17.4 Å². The molecule has 5 nitrogen and oxygen atoms in total. The van der Waals surface area contributed by atoms with E-state index in [1.807, 2.05) is 0 Å². The van der Waals surface area contributed by atoms with Gasteiger partial charge in [0.25, 0.3) is 0 Å². The van der Waals surface area contributed by atoms with Crippen LogP contribution in [-0.2, 0) is 0 Å². The van der Waals surface area contributed by atoms with Crippen LogP contribution in [0, 0.1) is 0 Å². The van der Waals surface area contributed by atoms with Gasteiger partial charge < -0.3 is 14.3 Å².